The first-order chi connectivity index (χ1) is 13.3. The second-order valence-electron chi connectivity index (χ2n) is 8.57. The number of rotatable bonds is 4. The van der Waals surface area contributed by atoms with Crippen LogP contribution in [0.4, 0.5) is 0 Å². The van der Waals surface area contributed by atoms with E-state index in [0.29, 0.717) is 22.6 Å². The summed E-state index contributed by atoms with van der Waals surface area (Å²) in [4.78, 5) is 9.01. The average molecular weight is 390 g/mol. The molecule has 3 nitrogen and oxygen atoms in total. The van der Waals surface area contributed by atoms with E-state index in [4.69, 9.17) is 0 Å². The lowest BCUT2D eigenvalue weighted by Crippen LogP contribution is -2.43. The fourth-order valence-electron chi connectivity index (χ4n) is 4.70. The first-order valence-electron chi connectivity index (χ1n) is 10.2. The maximum absolute atomic E-state index is 4.51. The molecule has 0 N–H and O–H groups in total. The number of hydrogen-bond acceptors (Lipinski definition) is 2. The molecule has 3 rings (SSSR count). The van der Waals surface area contributed by atoms with Crippen LogP contribution in [0.2, 0.25) is 16.6 Å². The van der Waals surface area contributed by atoms with Crippen LogP contribution < -0.4 is 0 Å². The van der Waals surface area contributed by atoms with Gasteiger partial charge < -0.3 is 0 Å². The zero-order valence-electron chi connectivity index (χ0n) is 18.1. The van der Waals surface area contributed by atoms with E-state index in [1.807, 2.05) is 6.07 Å². The van der Waals surface area contributed by atoms with Crippen molar-refractivity contribution >= 4 is 19.0 Å². The number of aromatic nitrogens is 3. The zero-order chi connectivity index (χ0) is 20.5. The van der Waals surface area contributed by atoms with Crippen molar-refractivity contribution in [3.05, 3.63) is 54.0 Å². The van der Waals surface area contributed by atoms with Gasteiger partial charge in [-0.15, -0.1) is 5.54 Å². The van der Waals surface area contributed by atoms with Crippen LogP contribution in [0.5, 0.6) is 0 Å². The third-order valence-electron chi connectivity index (χ3n) is 6.09. The zero-order valence-corrected chi connectivity index (χ0v) is 19.1. The SMILES string of the molecule is Cc1cccc2c1cc(C#C[Si](C(C)C)(C(C)C)C(C)C)n2-c1ncccn1. The third-order valence-corrected chi connectivity index (χ3v) is 12.4. The molecule has 3 aromatic rings. The van der Waals surface area contributed by atoms with Crippen LogP contribution >= 0.6 is 0 Å². The van der Waals surface area contributed by atoms with Gasteiger partial charge in [0, 0.05) is 17.8 Å². The van der Waals surface area contributed by atoms with Gasteiger partial charge in [0.1, 0.15) is 8.07 Å². The summed E-state index contributed by atoms with van der Waals surface area (Å²) < 4.78 is 2.11. The lowest BCUT2D eigenvalue weighted by molar-refractivity contribution is 0.838. The minimum absolute atomic E-state index is 0.604. The highest BCUT2D eigenvalue weighted by atomic mass is 28.3. The molecule has 4 heteroatoms. The average Bonchev–Trinajstić information content (AvgIpc) is 3.02. The van der Waals surface area contributed by atoms with Crippen molar-refractivity contribution in [2.24, 2.45) is 0 Å². The van der Waals surface area contributed by atoms with E-state index in [9.17, 15) is 0 Å². The fraction of sp³-hybridized carbons (Fsp3) is 0.417. The number of aryl methyl sites for hydroxylation is 1. The van der Waals surface area contributed by atoms with Gasteiger partial charge in [-0.25, -0.2) is 9.97 Å². The van der Waals surface area contributed by atoms with Crippen molar-refractivity contribution in [2.75, 3.05) is 0 Å². The molecule has 0 bridgehead atoms. The maximum atomic E-state index is 4.51. The lowest BCUT2D eigenvalue weighted by atomic mass is 10.1. The van der Waals surface area contributed by atoms with Crippen LogP contribution in [0.15, 0.2) is 42.7 Å². The molecule has 1 aromatic carbocycles. The molecule has 0 aliphatic carbocycles. The topological polar surface area (TPSA) is 30.7 Å². The van der Waals surface area contributed by atoms with Gasteiger partial charge in [-0.05, 0) is 47.3 Å². The normalized spacial score (nSPS) is 12.1. The fourth-order valence-corrected chi connectivity index (χ4v) is 9.91. The van der Waals surface area contributed by atoms with Crippen molar-refractivity contribution < 1.29 is 0 Å². The first-order valence-corrected chi connectivity index (χ1v) is 12.4. The Kier molecular flexibility index (Phi) is 5.76. The lowest BCUT2D eigenvalue weighted by Gasteiger charge is -2.38. The largest absolute Gasteiger partial charge is 0.271 e. The predicted octanol–water partition coefficient (Wildman–Crippen LogP) is 6.30. The Morgan fingerprint density at radius 1 is 0.893 bits per heavy atom. The van der Waals surface area contributed by atoms with Gasteiger partial charge in [0.15, 0.2) is 0 Å². The Morgan fingerprint density at radius 2 is 1.50 bits per heavy atom. The van der Waals surface area contributed by atoms with E-state index in [2.05, 4.69) is 98.7 Å². The molecule has 0 fully saturated rings. The molecule has 0 unspecified atom stereocenters. The second kappa shape index (κ2) is 7.93. The Balaban J connectivity index is 2.28. The highest BCUT2D eigenvalue weighted by Crippen LogP contribution is 2.41. The summed E-state index contributed by atoms with van der Waals surface area (Å²) in [6, 6.07) is 10.4. The summed E-state index contributed by atoms with van der Waals surface area (Å²) in [6.07, 6.45) is 3.58. The monoisotopic (exact) mass is 389 g/mol. The van der Waals surface area contributed by atoms with Crippen LogP contribution in [0.25, 0.3) is 16.9 Å². The minimum atomic E-state index is -1.81. The van der Waals surface area contributed by atoms with E-state index < -0.39 is 8.07 Å². The molecule has 2 heterocycles. The summed E-state index contributed by atoms with van der Waals surface area (Å²) in [5, 5.41) is 1.21. The summed E-state index contributed by atoms with van der Waals surface area (Å²) >= 11 is 0. The van der Waals surface area contributed by atoms with Gasteiger partial charge >= 0.3 is 0 Å². The van der Waals surface area contributed by atoms with Crippen molar-refractivity contribution in [3.8, 4) is 17.4 Å². The maximum Gasteiger partial charge on any atom is 0.235 e. The highest BCUT2D eigenvalue weighted by Gasteiger charge is 2.41. The molecule has 0 saturated heterocycles. The van der Waals surface area contributed by atoms with Crippen molar-refractivity contribution in [2.45, 2.75) is 65.1 Å². The number of benzene rings is 1. The molecule has 146 valence electrons. The molecule has 0 saturated carbocycles. The summed E-state index contributed by atoms with van der Waals surface area (Å²) in [5.41, 5.74) is 9.00. The van der Waals surface area contributed by atoms with Crippen LogP contribution in [-0.2, 0) is 0 Å². The van der Waals surface area contributed by atoms with E-state index in [1.165, 1.54) is 10.9 Å². The Bertz CT molecular complexity index is 999. The number of fused-ring (bicyclic) bond motifs is 1. The quantitative estimate of drug-likeness (QED) is 0.387. The third kappa shape index (κ3) is 3.40. The van der Waals surface area contributed by atoms with Gasteiger partial charge in [0.25, 0.3) is 0 Å². The molecular formula is C24H31N3Si. The standard InChI is InChI=1S/C24H31N3Si/c1-17(2)28(18(3)4,19(5)6)15-12-21-16-22-20(7)10-8-11-23(22)27(21)24-25-13-9-14-26-24/h8-11,13-14,16-19H,1-7H3. The Morgan fingerprint density at radius 3 is 2.07 bits per heavy atom. The summed E-state index contributed by atoms with van der Waals surface area (Å²) in [5.74, 6) is 4.29. The van der Waals surface area contributed by atoms with E-state index in [0.717, 1.165) is 11.2 Å². The molecule has 0 spiro atoms. The predicted molar refractivity (Wildman–Crippen MR) is 122 cm³/mol. The van der Waals surface area contributed by atoms with Crippen LogP contribution in [0, 0.1) is 18.4 Å². The summed E-state index contributed by atoms with van der Waals surface area (Å²) in [6.45, 7) is 16.2. The van der Waals surface area contributed by atoms with Crippen LogP contribution in [0.1, 0.15) is 52.8 Å². The molecule has 2 aromatic heterocycles. The van der Waals surface area contributed by atoms with Crippen molar-refractivity contribution in [3.63, 3.8) is 0 Å². The number of hydrogen-bond donors (Lipinski definition) is 0. The smallest absolute Gasteiger partial charge is 0.235 e. The number of nitrogens with zero attached hydrogens (tertiary/aromatic N) is 3. The van der Waals surface area contributed by atoms with Crippen LogP contribution in [-0.4, -0.2) is 22.6 Å². The molecule has 0 atom stereocenters. The first kappa shape index (κ1) is 20.4. The van der Waals surface area contributed by atoms with E-state index >= 15 is 0 Å². The molecule has 0 aliphatic heterocycles. The van der Waals surface area contributed by atoms with Gasteiger partial charge in [-0.1, -0.05) is 59.6 Å². The Labute approximate surface area is 170 Å². The van der Waals surface area contributed by atoms with Gasteiger partial charge in [0.2, 0.25) is 5.95 Å². The van der Waals surface area contributed by atoms with Crippen molar-refractivity contribution in [1.29, 1.82) is 0 Å². The highest BCUT2D eigenvalue weighted by molar-refractivity contribution is 6.90. The second-order valence-corrected chi connectivity index (χ2v) is 14.1. The van der Waals surface area contributed by atoms with Crippen LogP contribution in [0.3, 0.4) is 0 Å². The molecule has 0 amide bonds. The minimum Gasteiger partial charge on any atom is -0.271 e. The van der Waals surface area contributed by atoms with E-state index in [1.54, 1.807) is 12.4 Å². The molecule has 0 aliphatic rings. The van der Waals surface area contributed by atoms with Gasteiger partial charge in [-0.2, -0.15) is 0 Å². The van der Waals surface area contributed by atoms with E-state index in [-0.39, 0.29) is 0 Å². The molecule has 28 heavy (non-hydrogen) atoms. The van der Waals surface area contributed by atoms with Gasteiger partial charge in [0.05, 0.1) is 11.2 Å². The molecular weight excluding hydrogens is 358 g/mol. The van der Waals surface area contributed by atoms with Gasteiger partial charge in [-0.3, -0.25) is 4.57 Å². The molecule has 0 radical (unpaired) electrons. The Hall–Kier alpha value is -2.38. The summed E-state index contributed by atoms with van der Waals surface area (Å²) in [7, 11) is -1.81. The van der Waals surface area contributed by atoms with Crippen molar-refractivity contribution in [1.82, 2.24) is 14.5 Å².